The Morgan fingerprint density at radius 2 is 1.81 bits per heavy atom. The third kappa shape index (κ3) is 5.62. The molecule has 0 amide bonds. The van der Waals surface area contributed by atoms with E-state index in [0.717, 1.165) is 16.7 Å². The van der Waals surface area contributed by atoms with E-state index < -0.39 is 47.8 Å². The van der Waals surface area contributed by atoms with Crippen molar-refractivity contribution in [2.45, 2.75) is 94.6 Å². The average molecular weight is 587 g/mol. The topological polar surface area (TPSA) is 177 Å². The van der Waals surface area contributed by atoms with E-state index in [1.54, 1.807) is 12.1 Å². The summed E-state index contributed by atoms with van der Waals surface area (Å²) in [7, 11) is 0. The fourth-order valence-electron chi connectivity index (χ4n) is 6.56. The number of benzene rings is 1. The highest BCUT2D eigenvalue weighted by Crippen LogP contribution is 2.44. The Morgan fingerprint density at radius 3 is 2.43 bits per heavy atom. The lowest BCUT2D eigenvalue weighted by atomic mass is 9.74. The smallest absolute Gasteiger partial charge is 0.193 e. The molecule has 0 radical (unpaired) electrons. The van der Waals surface area contributed by atoms with Gasteiger partial charge < -0.3 is 45.2 Å². The summed E-state index contributed by atoms with van der Waals surface area (Å²) in [5.74, 6) is -0.294. The van der Waals surface area contributed by atoms with Crippen LogP contribution >= 0.6 is 0 Å². The van der Waals surface area contributed by atoms with Crippen molar-refractivity contribution in [1.29, 1.82) is 0 Å². The molecule has 7 atom stereocenters. The zero-order valence-corrected chi connectivity index (χ0v) is 24.3. The largest absolute Gasteiger partial charge is 0.507 e. The first kappa shape index (κ1) is 31.0. The van der Waals surface area contributed by atoms with E-state index in [0.29, 0.717) is 23.8 Å². The highest BCUT2D eigenvalue weighted by molar-refractivity contribution is 5.93. The Balaban J connectivity index is 1.41. The van der Waals surface area contributed by atoms with Gasteiger partial charge in [-0.25, -0.2) is 0 Å². The minimum Gasteiger partial charge on any atom is -0.507 e. The van der Waals surface area contributed by atoms with Gasteiger partial charge in [0.05, 0.1) is 30.8 Å². The van der Waals surface area contributed by atoms with Gasteiger partial charge in [-0.3, -0.25) is 4.79 Å². The number of hydrogen-bond acceptors (Lipinski definition) is 10. The van der Waals surface area contributed by atoms with E-state index in [-0.39, 0.29) is 55.0 Å². The molecule has 0 heterocycles. The Kier molecular flexibility index (Phi) is 8.32. The first-order chi connectivity index (χ1) is 19.7. The number of phenolic OH excluding ortho intramolecular Hbond substituents is 1. The minimum atomic E-state index is -1.52. The van der Waals surface area contributed by atoms with Crippen LogP contribution in [-0.2, 0) is 15.9 Å². The van der Waals surface area contributed by atoms with Crippen LogP contribution < -0.4 is 5.43 Å². The number of hydrogen-bond donors (Lipinski definition) is 7. The summed E-state index contributed by atoms with van der Waals surface area (Å²) in [6.45, 7) is 3.88. The van der Waals surface area contributed by atoms with Crippen LogP contribution in [0.15, 0.2) is 34.6 Å². The lowest BCUT2D eigenvalue weighted by molar-refractivity contribution is -0.338. The number of aliphatic hydroxyl groups is 6. The Labute approximate surface area is 244 Å². The van der Waals surface area contributed by atoms with Crippen LogP contribution in [0.3, 0.4) is 0 Å². The SMILES string of the molecule is CC(CO)(CCOC(OC1(CO)CC(O)C1O)C(C)(C)O)Cc1cc2cc3c(ccc(O)c3c1=O)C1CC(=C2)CC1O. The zero-order chi connectivity index (χ0) is 30.6. The van der Waals surface area contributed by atoms with E-state index in [1.807, 2.05) is 19.1 Å². The van der Waals surface area contributed by atoms with Crippen molar-refractivity contribution in [1.82, 2.24) is 0 Å². The van der Waals surface area contributed by atoms with Crippen molar-refractivity contribution in [2.75, 3.05) is 19.8 Å². The molecule has 0 aromatic heterocycles. The molecule has 7 N–H and O–H groups in total. The summed E-state index contributed by atoms with van der Waals surface area (Å²) in [6.07, 6.45) is -0.591. The van der Waals surface area contributed by atoms with Crippen LogP contribution in [0.1, 0.15) is 69.1 Å². The molecule has 7 unspecified atom stereocenters. The monoisotopic (exact) mass is 586 g/mol. The number of phenols is 1. The molecule has 0 spiro atoms. The van der Waals surface area contributed by atoms with Crippen molar-refractivity contribution >= 4 is 16.8 Å². The minimum absolute atomic E-state index is 0.00560. The second-order valence-corrected chi connectivity index (χ2v) is 13.3. The van der Waals surface area contributed by atoms with Gasteiger partial charge in [0.25, 0.3) is 0 Å². The summed E-state index contributed by atoms with van der Waals surface area (Å²) >= 11 is 0. The zero-order valence-electron chi connectivity index (χ0n) is 24.3. The van der Waals surface area contributed by atoms with Gasteiger partial charge in [0.2, 0.25) is 0 Å². The molecule has 10 nitrogen and oxygen atoms in total. The molecule has 3 aliphatic carbocycles. The number of rotatable bonds is 11. The molecule has 230 valence electrons. The molecule has 42 heavy (non-hydrogen) atoms. The van der Waals surface area contributed by atoms with Gasteiger partial charge in [-0.05, 0) is 79.7 Å². The van der Waals surface area contributed by atoms with Gasteiger partial charge in [-0.1, -0.05) is 24.6 Å². The second-order valence-electron chi connectivity index (χ2n) is 13.3. The summed E-state index contributed by atoms with van der Waals surface area (Å²) in [4.78, 5) is 13.9. The third-order valence-corrected chi connectivity index (χ3v) is 9.23. The van der Waals surface area contributed by atoms with Gasteiger partial charge in [0.1, 0.15) is 23.1 Å². The van der Waals surface area contributed by atoms with Crippen LogP contribution in [0.25, 0.3) is 16.8 Å². The summed E-state index contributed by atoms with van der Waals surface area (Å²) in [6, 6.07) is 6.96. The van der Waals surface area contributed by atoms with Crippen LogP contribution in [0.4, 0.5) is 0 Å². The number of aliphatic hydroxyl groups excluding tert-OH is 5. The summed E-state index contributed by atoms with van der Waals surface area (Å²) < 4.78 is 11.7. The van der Waals surface area contributed by atoms with Gasteiger partial charge in [-0.2, -0.15) is 0 Å². The highest BCUT2D eigenvalue weighted by atomic mass is 16.7. The number of ether oxygens (including phenoxy) is 2. The van der Waals surface area contributed by atoms with Crippen LogP contribution in [0, 0.1) is 5.41 Å². The molecule has 2 fully saturated rings. The molecule has 0 aliphatic heterocycles. The standard InChI is InChI=1S/C32H42O10/c1-30(2,40)29(42-32(16-34)14-25(37)28(32)39)41-7-6-31(3,15-33)13-19-9-17-8-18-10-21(24(36)12-18)20-4-5-23(35)26(27(19)38)22(20)11-17/h4-5,8-9,11,21,24-25,28-29,33-37,39-40H,6-7,10,12-16H2,1-3H3. The molecular weight excluding hydrogens is 544 g/mol. The van der Waals surface area contributed by atoms with E-state index in [4.69, 9.17) is 9.47 Å². The normalized spacial score (nSPS) is 29.0. The first-order valence-corrected chi connectivity index (χ1v) is 14.5. The third-order valence-electron chi connectivity index (χ3n) is 9.23. The van der Waals surface area contributed by atoms with Gasteiger partial charge >= 0.3 is 0 Å². The Hall–Kier alpha value is -2.41. The summed E-state index contributed by atoms with van der Waals surface area (Å²) in [5, 5.41) is 73.2. The van der Waals surface area contributed by atoms with Gasteiger partial charge in [-0.15, -0.1) is 0 Å². The maximum absolute atomic E-state index is 13.9. The maximum atomic E-state index is 13.9. The molecule has 2 aromatic rings. The fourth-order valence-corrected chi connectivity index (χ4v) is 6.56. The van der Waals surface area contributed by atoms with E-state index in [9.17, 15) is 40.5 Å². The highest BCUT2D eigenvalue weighted by Gasteiger charge is 2.56. The van der Waals surface area contributed by atoms with Crippen molar-refractivity contribution in [3.05, 3.63) is 56.8 Å². The first-order valence-electron chi connectivity index (χ1n) is 14.5. The lowest BCUT2D eigenvalue weighted by Crippen LogP contribution is -2.67. The molecule has 3 aliphatic rings. The van der Waals surface area contributed by atoms with Crippen molar-refractivity contribution in [3.63, 3.8) is 0 Å². The predicted molar refractivity (Wildman–Crippen MR) is 155 cm³/mol. The molecule has 4 bridgehead atoms. The molecule has 5 rings (SSSR count). The van der Waals surface area contributed by atoms with Crippen LogP contribution in [0.5, 0.6) is 5.75 Å². The fraction of sp³-hybridized carbons (Fsp3) is 0.594. The molecule has 2 saturated carbocycles. The van der Waals surface area contributed by atoms with Crippen molar-refractivity contribution in [2.24, 2.45) is 5.41 Å². The Morgan fingerprint density at radius 1 is 1.07 bits per heavy atom. The maximum Gasteiger partial charge on any atom is 0.193 e. The Bertz CT molecular complexity index is 1430. The lowest BCUT2D eigenvalue weighted by Gasteiger charge is -2.51. The predicted octanol–water partition coefficient (Wildman–Crippen LogP) is 1.46. The molecule has 10 heteroatoms. The molecule has 0 saturated heterocycles. The van der Waals surface area contributed by atoms with Crippen molar-refractivity contribution in [3.8, 4) is 5.75 Å². The van der Waals surface area contributed by atoms with Crippen LogP contribution in [0.2, 0.25) is 0 Å². The van der Waals surface area contributed by atoms with Gasteiger partial charge in [0.15, 0.2) is 11.7 Å². The van der Waals surface area contributed by atoms with E-state index >= 15 is 0 Å². The van der Waals surface area contributed by atoms with E-state index in [1.165, 1.54) is 19.9 Å². The quantitative estimate of drug-likeness (QED) is 0.191. The molecule has 2 aromatic carbocycles. The van der Waals surface area contributed by atoms with Crippen molar-refractivity contribution < 1.29 is 45.2 Å². The van der Waals surface area contributed by atoms with Gasteiger partial charge in [0, 0.05) is 24.5 Å². The number of fused-ring (bicyclic) bond motifs is 4. The number of aromatic hydroxyl groups is 1. The van der Waals surface area contributed by atoms with E-state index in [2.05, 4.69) is 0 Å². The second kappa shape index (κ2) is 11.3. The average Bonchev–Trinajstić information content (AvgIpc) is 3.23. The molecular formula is C32H42O10. The summed E-state index contributed by atoms with van der Waals surface area (Å²) in [5.41, 5.74) is -1.05. The van der Waals surface area contributed by atoms with Crippen LogP contribution in [-0.4, -0.2) is 91.4 Å².